The number of ether oxygens (including phenoxy) is 2. The molecule has 1 aromatic heterocycles. The summed E-state index contributed by atoms with van der Waals surface area (Å²) in [6, 6.07) is 11.6. The fourth-order valence-electron chi connectivity index (χ4n) is 4.38. The monoisotopic (exact) mass is 385 g/mol. The minimum atomic E-state index is -0.364. The number of aromatic nitrogens is 1. The third-order valence-electron chi connectivity index (χ3n) is 6.21. The van der Waals surface area contributed by atoms with Crippen LogP contribution in [-0.4, -0.2) is 30.6 Å². The second kappa shape index (κ2) is 5.98. The molecule has 0 amide bonds. The Morgan fingerprint density at radius 3 is 2.66 bits per heavy atom. The van der Waals surface area contributed by atoms with Crippen molar-refractivity contribution in [1.29, 1.82) is 0 Å². The lowest BCUT2D eigenvalue weighted by atomic mass is 9.71. The van der Waals surface area contributed by atoms with Crippen molar-refractivity contribution in [3.05, 3.63) is 64.3 Å². The van der Waals surface area contributed by atoms with Crippen LogP contribution in [0.3, 0.4) is 0 Å². The lowest BCUT2D eigenvalue weighted by molar-refractivity contribution is -0.120. The number of fused-ring (bicyclic) bond motifs is 4. The smallest absolute Gasteiger partial charge is 0.195 e. The average molecular weight is 385 g/mol. The first-order valence-corrected chi connectivity index (χ1v) is 9.85. The van der Waals surface area contributed by atoms with Crippen molar-refractivity contribution in [2.45, 2.75) is 26.2 Å². The minimum Gasteiger partial charge on any atom is -0.493 e. The van der Waals surface area contributed by atoms with E-state index in [0.29, 0.717) is 6.61 Å². The molecule has 4 nitrogen and oxygen atoms in total. The SMILES string of the molecule is C#Cc1ccc2c3c([nH]c2c1)C(C)(C)c1cc(OCC2(C)COC2)ccc1C3=O. The standard InChI is InChI=1S/C25H23NO3/c1-5-15-6-8-18-20(10-15)26-23-21(18)22(27)17-9-7-16(11-19(17)24(23,2)3)29-14-25(4)12-28-13-25/h1,6-11,26H,12-14H2,2-4H3. The van der Waals surface area contributed by atoms with Gasteiger partial charge in [-0.15, -0.1) is 6.42 Å². The molecule has 29 heavy (non-hydrogen) atoms. The molecular weight excluding hydrogens is 362 g/mol. The number of rotatable bonds is 3. The zero-order valence-corrected chi connectivity index (χ0v) is 16.9. The van der Waals surface area contributed by atoms with Crippen LogP contribution in [0.5, 0.6) is 5.75 Å². The van der Waals surface area contributed by atoms with Crippen LogP contribution in [0.25, 0.3) is 10.9 Å². The number of hydrogen-bond donors (Lipinski definition) is 1. The molecule has 2 aromatic carbocycles. The number of carbonyl (C=O) groups excluding carboxylic acids is 1. The highest BCUT2D eigenvalue weighted by Crippen LogP contribution is 2.44. The van der Waals surface area contributed by atoms with E-state index in [4.69, 9.17) is 15.9 Å². The van der Waals surface area contributed by atoms with Gasteiger partial charge in [-0.05, 0) is 35.9 Å². The van der Waals surface area contributed by atoms with Crippen LogP contribution in [0, 0.1) is 17.8 Å². The summed E-state index contributed by atoms with van der Waals surface area (Å²) in [6.07, 6.45) is 5.55. The number of terminal acetylenes is 1. The van der Waals surface area contributed by atoms with Gasteiger partial charge in [0.1, 0.15) is 5.75 Å². The molecule has 0 unspecified atom stereocenters. The fraction of sp³-hybridized carbons (Fsp3) is 0.320. The van der Waals surface area contributed by atoms with Crippen LogP contribution in [0.15, 0.2) is 36.4 Å². The molecule has 1 aliphatic heterocycles. The highest BCUT2D eigenvalue weighted by atomic mass is 16.5. The van der Waals surface area contributed by atoms with Crippen molar-refractivity contribution >= 4 is 16.7 Å². The molecule has 146 valence electrons. The van der Waals surface area contributed by atoms with E-state index in [1.807, 2.05) is 36.4 Å². The Hall–Kier alpha value is -3.03. The van der Waals surface area contributed by atoms with Gasteiger partial charge in [-0.25, -0.2) is 0 Å². The van der Waals surface area contributed by atoms with Crippen molar-refractivity contribution in [2.24, 2.45) is 5.41 Å². The Morgan fingerprint density at radius 2 is 1.97 bits per heavy atom. The average Bonchev–Trinajstić information content (AvgIpc) is 3.09. The Kier molecular flexibility index (Phi) is 3.72. The Balaban J connectivity index is 1.59. The third-order valence-corrected chi connectivity index (χ3v) is 6.21. The van der Waals surface area contributed by atoms with Crippen LogP contribution in [-0.2, 0) is 10.2 Å². The third kappa shape index (κ3) is 2.62. The summed E-state index contributed by atoms with van der Waals surface area (Å²) in [6.45, 7) is 8.48. The number of benzene rings is 2. The van der Waals surface area contributed by atoms with Gasteiger partial charge in [0.25, 0.3) is 0 Å². The van der Waals surface area contributed by atoms with Gasteiger partial charge in [0, 0.05) is 38.6 Å². The number of hydrogen-bond acceptors (Lipinski definition) is 3. The van der Waals surface area contributed by atoms with Gasteiger partial charge in [0.15, 0.2) is 5.78 Å². The van der Waals surface area contributed by atoms with Crippen LogP contribution >= 0.6 is 0 Å². The maximum atomic E-state index is 13.4. The molecule has 5 rings (SSSR count). The highest BCUT2D eigenvalue weighted by Gasteiger charge is 2.40. The van der Waals surface area contributed by atoms with E-state index in [-0.39, 0.29) is 16.6 Å². The maximum Gasteiger partial charge on any atom is 0.195 e. The van der Waals surface area contributed by atoms with Gasteiger partial charge in [-0.3, -0.25) is 4.79 Å². The van der Waals surface area contributed by atoms with Crippen LogP contribution in [0.1, 0.15) is 53.5 Å². The predicted octanol–water partition coefficient (Wildman–Crippen LogP) is 4.43. The first-order chi connectivity index (χ1) is 13.8. The second-order valence-electron chi connectivity index (χ2n) is 9.03. The molecule has 2 aliphatic rings. The van der Waals surface area contributed by atoms with Gasteiger partial charge >= 0.3 is 0 Å². The second-order valence-corrected chi connectivity index (χ2v) is 9.03. The van der Waals surface area contributed by atoms with Gasteiger partial charge < -0.3 is 14.5 Å². The maximum absolute atomic E-state index is 13.4. The minimum absolute atomic E-state index is 0.0416. The summed E-state index contributed by atoms with van der Waals surface area (Å²) in [7, 11) is 0. The lowest BCUT2D eigenvalue weighted by Gasteiger charge is -2.37. The van der Waals surface area contributed by atoms with Gasteiger partial charge in [-0.1, -0.05) is 32.8 Å². The zero-order valence-electron chi connectivity index (χ0n) is 16.9. The molecule has 3 aromatic rings. The topological polar surface area (TPSA) is 51.3 Å². The predicted molar refractivity (Wildman–Crippen MR) is 113 cm³/mol. The molecular formula is C25H23NO3. The van der Waals surface area contributed by atoms with Crippen molar-refractivity contribution < 1.29 is 14.3 Å². The highest BCUT2D eigenvalue weighted by molar-refractivity contribution is 6.20. The first kappa shape index (κ1) is 18.0. The van der Waals surface area contributed by atoms with E-state index in [1.165, 1.54) is 0 Å². The molecule has 0 bridgehead atoms. The van der Waals surface area contributed by atoms with E-state index < -0.39 is 0 Å². The van der Waals surface area contributed by atoms with Crippen molar-refractivity contribution in [3.63, 3.8) is 0 Å². The van der Waals surface area contributed by atoms with E-state index in [1.54, 1.807) is 0 Å². The van der Waals surface area contributed by atoms with E-state index in [0.717, 1.165) is 57.8 Å². The number of aromatic amines is 1. The van der Waals surface area contributed by atoms with E-state index >= 15 is 0 Å². The molecule has 0 spiro atoms. The molecule has 2 heterocycles. The first-order valence-electron chi connectivity index (χ1n) is 9.85. The molecule has 0 atom stereocenters. The molecule has 0 radical (unpaired) electrons. The van der Waals surface area contributed by atoms with Crippen LogP contribution in [0.2, 0.25) is 0 Å². The Morgan fingerprint density at radius 1 is 1.17 bits per heavy atom. The molecule has 1 aliphatic carbocycles. The molecule has 0 saturated carbocycles. The largest absolute Gasteiger partial charge is 0.493 e. The van der Waals surface area contributed by atoms with E-state index in [9.17, 15) is 4.79 Å². The van der Waals surface area contributed by atoms with Crippen molar-refractivity contribution in [1.82, 2.24) is 4.98 Å². The summed E-state index contributed by atoms with van der Waals surface area (Å²) < 4.78 is 11.4. The van der Waals surface area contributed by atoms with Gasteiger partial charge in [0.05, 0.1) is 25.4 Å². The molecule has 1 N–H and O–H groups in total. The molecule has 4 heteroatoms. The Bertz CT molecular complexity index is 1200. The normalized spacial score (nSPS) is 18.5. The van der Waals surface area contributed by atoms with Gasteiger partial charge in [0.2, 0.25) is 0 Å². The van der Waals surface area contributed by atoms with Crippen molar-refractivity contribution in [2.75, 3.05) is 19.8 Å². The summed E-state index contributed by atoms with van der Waals surface area (Å²) in [5, 5.41) is 0.918. The van der Waals surface area contributed by atoms with Gasteiger partial charge in [-0.2, -0.15) is 0 Å². The number of nitrogens with one attached hydrogen (secondary N) is 1. The fourth-order valence-corrected chi connectivity index (χ4v) is 4.38. The lowest BCUT2D eigenvalue weighted by Crippen LogP contribution is -2.44. The number of carbonyl (C=O) groups is 1. The zero-order chi connectivity index (χ0) is 20.4. The summed E-state index contributed by atoms with van der Waals surface area (Å²) in [5.41, 5.74) is 4.78. The summed E-state index contributed by atoms with van der Waals surface area (Å²) in [5.74, 6) is 3.49. The van der Waals surface area contributed by atoms with Crippen LogP contribution in [0.4, 0.5) is 0 Å². The van der Waals surface area contributed by atoms with Crippen LogP contribution < -0.4 is 4.74 Å². The summed E-state index contributed by atoms with van der Waals surface area (Å²) in [4.78, 5) is 16.9. The number of H-pyrrole nitrogens is 1. The Labute approximate surface area is 170 Å². The molecule has 1 fully saturated rings. The molecule has 1 saturated heterocycles. The quantitative estimate of drug-likeness (QED) is 0.679. The number of ketones is 1. The summed E-state index contributed by atoms with van der Waals surface area (Å²) >= 11 is 0. The van der Waals surface area contributed by atoms with E-state index in [2.05, 4.69) is 31.7 Å². The van der Waals surface area contributed by atoms with Crippen molar-refractivity contribution in [3.8, 4) is 18.1 Å².